The number of hydrogen-bond acceptors (Lipinski definition) is 6. The summed E-state index contributed by atoms with van der Waals surface area (Å²) in [6.07, 6.45) is 2.78. The average molecular weight is 332 g/mol. The molecule has 0 unspecified atom stereocenters. The zero-order valence-electron chi connectivity index (χ0n) is 12.0. The van der Waals surface area contributed by atoms with Gasteiger partial charge in [-0.3, -0.25) is 14.9 Å². The van der Waals surface area contributed by atoms with Crippen molar-refractivity contribution >= 4 is 40.0 Å². The molecule has 0 radical (unpaired) electrons. The Morgan fingerprint density at radius 3 is 2.48 bits per heavy atom. The number of anilines is 1. The van der Waals surface area contributed by atoms with Crippen LogP contribution in [0.25, 0.3) is 6.08 Å². The number of esters is 1. The number of carbonyl (C=O) groups is 2. The highest BCUT2D eigenvalue weighted by atomic mass is 32.1. The van der Waals surface area contributed by atoms with Crippen molar-refractivity contribution in [1.29, 1.82) is 0 Å². The third-order valence-corrected chi connectivity index (χ3v) is 3.77. The van der Waals surface area contributed by atoms with Crippen molar-refractivity contribution in [2.24, 2.45) is 0 Å². The van der Waals surface area contributed by atoms with Crippen LogP contribution in [0.2, 0.25) is 0 Å². The van der Waals surface area contributed by atoms with E-state index in [-0.39, 0.29) is 10.9 Å². The lowest BCUT2D eigenvalue weighted by Gasteiger charge is -2.03. The van der Waals surface area contributed by atoms with Gasteiger partial charge in [0, 0.05) is 22.7 Å². The molecule has 0 saturated heterocycles. The SMILES string of the molecule is COC(=O)c1ccc(NC(=O)/C=C/c2ccc([N+](=O)[O-])s2)cc1. The molecule has 0 atom stereocenters. The fraction of sp³-hybridized carbons (Fsp3) is 0.0667. The fourth-order valence-electron chi connectivity index (χ4n) is 1.68. The Balaban J connectivity index is 1.97. The third-order valence-electron chi connectivity index (χ3n) is 2.77. The van der Waals surface area contributed by atoms with Crippen LogP contribution in [-0.2, 0) is 9.53 Å². The van der Waals surface area contributed by atoms with Gasteiger partial charge in [-0.15, -0.1) is 0 Å². The molecule has 0 fully saturated rings. The Kier molecular flexibility index (Phi) is 5.21. The lowest BCUT2D eigenvalue weighted by Crippen LogP contribution is -2.08. The monoisotopic (exact) mass is 332 g/mol. The first kappa shape index (κ1) is 16.4. The highest BCUT2D eigenvalue weighted by molar-refractivity contribution is 7.16. The molecule has 23 heavy (non-hydrogen) atoms. The minimum absolute atomic E-state index is 0.0171. The number of rotatable bonds is 5. The van der Waals surface area contributed by atoms with Gasteiger partial charge < -0.3 is 10.1 Å². The Labute approximate surface area is 135 Å². The minimum atomic E-state index is -0.481. The zero-order chi connectivity index (χ0) is 16.8. The van der Waals surface area contributed by atoms with E-state index in [9.17, 15) is 19.7 Å². The highest BCUT2D eigenvalue weighted by Gasteiger charge is 2.08. The van der Waals surface area contributed by atoms with Crippen LogP contribution in [0.15, 0.2) is 42.5 Å². The summed E-state index contributed by atoms with van der Waals surface area (Å²) in [7, 11) is 1.29. The molecule has 118 valence electrons. The van der Waals surface area contributed by atoms with E-state index in [1.54, 1.807) is 18.2 Å². The molecule has 0 aliphatic heterocycles. The van der Waals surface area contributed by atoms with Crippen LogP contribution in [0.3, 0.4) is 0 Å². The van der Waals surface area contributed by atoms with Crippen molar-refractivity contribution in [1.82, 2.24) is 0 Å². The summed E-state index contributed by atoms with van der Waals surface area (Å²) in [6.45, 7) is 0. The number of nitrogens with zero attached hydrogens (tertiary/aromatic N) is 1. The number of methoxy groups -OCH3 is 1. The van der Waals surface area contributed by atoms with Crippen molar-refractivity contribution < 1.29 is 19.2 Å². The van der Waals surface area contributed by atoms with E-state index in [4.69, 9.17) is 0 Å². The van der Waals surface area contributed by atoms with Crippen LogP contribution in [0, 0.1) is 10.1 Å². The van der Waals surface area contributed by atoms with E-state index in [0.717, 1.165) is 11.3 Å². The van der Waals surface area contributed by atoms with Crippen LogP contribution in [-0.4, -0.2) is 23.9 Å². The van der Waals surface area contributed by atoms with Gasteiger partial charge in [-0.1, -0.05) is 11.3 Å². The molecule has 0 saturated carbocycles. The van der Waals surface area contributed by atoms with E-state index >= 15 is 0 Å². The quantitative estimate of drug-likeness (QED) is 0.392. The summed E-state index contributed by atoms with van der Waals surface area (Å²) < 4.78 is 4.58. The molecule has 0 spiro atoms. The molecule has 1 amide bonds. The molecule has 1 aromatic heterocycles. The Morgan fingerprint density at radius 1 is 1.22 bits per heavy atom. The number of ether oxygens (including phenoxy) is 1. The second kappa shape index (κ2) is 7.32. The maximum atomic E-state index is 11.8. The number of amides is 1. The van der Waals surface area contributed by atoms with Gasteiger partial charge in [0.05, 0.1) is 17.6 Å². The predicted octanol–water partition coefficient (Wildman–Crippen LogP) is 3.09. The summed E-state index contributed by atoms with van der Waals surface area (Å²) in [5, 5.41) is 13.2. The Bertz CT molecular complexity index is 764. The van der Waals surface area contributed by atoms with Crippen molar-refractivity contribution in [2.45, 2.75) is 0 Å². The maximum absolute atomic E-state index is 11.8. The Hall–Kier alpha value is -3.00. The van der Waals surface area contributed by atoms with Gasteiger partial charge in [0.1, 0.15) is 0 Å². The average Bonchev–Trinajstić information content (AvgIpc) is 3.02. The van der Waals surface area contributed by atoms with E-state index in [2.05, 4.69) is 10.1 Å². The molecule has 1 heterocycles. The van der Waals surface area contributed by atoms with Gasteiger partial charge in [0.25, 0.3) is 0 Å². The smallest absolute Gasteiger partial charge is 0.337 e. The first-order valence-corrected chi connectivity index (χ1v) is 7.23. The number of nitro groups is 1. The molecule has 8 heteroatoms. The molecular formula is C15H12N2O5S. The molecule has 7 nitrogen and oxygen atoms in total. The summed E-state index contributed by atoms with van der Waals surface area (Å²) in [5.74, 6) is -0.839. The van der Waals surface area contributed by atoms with E-state index in [0.29, 0.717) is 16.1 Å². The molecule has 0 bridgehead atoms. The van der Waals surface area contributed by atoms with Crippen molar-refractivity contribution in [2.75, 3.05) is 12.4 Å². The van der Waals surface area contributed by atoms with Gasteiger partial charge in [-0.25, -0.2) is 4.79 Å². The highest BCUT2D eigenvalue weighted by Crippen LogP contribution is 2.24. The number of carbonyl (C=O) groups excluding carboxylic acids is 2. The lowest BCUT2D eigenvalue weighted by molar-refractivity contribution is -0.380. The maximum Gasteiger partial charge on any atom is 0.337 e. The first-order valence-electron chi connectivity index (χ1n) is 6.41. The van der Waals surface area contributed by atoms with E-state index < -0.39 is 10.9 Å². The third kappa shape index (κ3) is 4.48. The summed E-state index contributed by atoms with van der Waals surface area (Å²) in [4.78, 5) is 33.8. The van der Waals surface area contributed by atoms with Gasteiger partial charge >= 0.3 is 11.0 Å². The second-order valence-electron chi connectivity index (χ2n) is 4.32. The number of nitrogens with one attached hydrogen (secondary N) is 1. The van der Waals surface area contributed by atoms with Crippen molar-refractivity contribution in [3.63, 3.8) is 0 Å². The van der Waals surface area contributed by atoms with Crippen LogP contribution in [0.4, 0.5) is 10.7 Å². The normalized spacial score (nSPS) is 10.5. The van der Waals surface area contributed by atoms with Crippen molar-refractivity contribution in [3.05, 3.63) is 63.0 Å². The molecule has 0 aliphatic rings. The summed E-state index contributed by atoms with van der Waals surface area (Å²) in [6, 6.07) is 9.18. The van der Waals surface area contributed by atoms with E-state index in [1.165, 1.54) is 37.5 Å². The van der Waals surface area contributed by atoms with Crippen LogP contribution in [0.5, 0.6) is 0 Å². The van der Waals surface area contributed by atoms with Gasteiger partial charge in [0.15, 0.2) is 0 Å². The minimum Gasteiger partial charge on any atom is -0.465 e. The standard InChI is InChI=1S/C15H12N2O5S/c1-22-15(19)10-2-4-11(5-3-10)16-13(18)8-6-12-7-9-14(23-12)17(20)21/h2-9H,1H3,(H,16,18)/b8-6+. The molecule has 2 aromatic rings. The van der Waals surface area contributed by atoms with Gasteiger partial charge in [0.2, 0.25) is 5.91 Å². The largest absolute Gasteiger partial charge is 0.465 e. The van der Waals surface area contributed by atoms with E-state index in [1.807, 2.05) is 0 Å². The van der Waals surface area contributed by atoms with Crippen LogP contribution < -0.4 is 5.32 Å². The zero-order valence-corrected chi connectivity index (χ0v) is 12.8. The number of hydrogen-bond donors (Lipinski definition) is 1. The van der Waals surface area contributed by atoms with Crippen molar-refractivity contribution in [3.8, 4) is 0 Å². The molecule has 1 N–H and O–H groups in total. The molecule has 2 rings (SSSR count). The Morgan fingerprint density at radius 2 is 1.91 bits per heavy atom. The van der Waals surface area contributed by atoms with Gasteiger partial charge in [-0.05, 0) is 36.4 Å². The number of thiophene rings is 1. The predicted molar refractivity (Wildman–Crippen MR) is 86.4 cm³/mol. The van der Waals surface area contributed by atoms with Crippen LogP contribution >= 0.6 is 11.3 Å². The molecule has 0 aliphatic carbocycles. The first-order chi connectivity index (χ1) is 11.0. The number of benzene rings is 1. The fourth-order valence-corrected chi connectivity index (χ4v) is 2.40. The second-order valence-corrected chi connectivity index (χ2v) is 5.42. The topological polar surface area (TPSA) is 98.5 Å². The lowest BCUT2D eigenvalue weighted by atomic mass is 10.2. The molecule has 1 aromatic carbocycles. The van der Waals surface area contributed by atoms with Gasteiger partial charge in [-0.2, -0.15) is 0 Å². The summed E-state index contributed by atoms with van der Waals surface area (Å²) in [5.41, 5.74) is 0.899. The molecular weight excluding hydrogens is 320 g/mol. The summed E-state index contributed by atoms with van der Waals surface area (Å²) >= 11 is 0.980. The van der Waals surface area contributed by atoms with Crippen LogP contribution in [0.1, 0.15) is 15.2 Å².